The average Bonchev–Trinajstić information content (AvgIpc) is 2.60. The van der Waals surface area contributed by atoms with Crippen LogP contribution < -0.4 is 27.8 Å². The van der Waals surface area contributed by atoms with E-state index in [0.717, 1.165) is 25.7 Å². The summed E-state index contributed by atoms with van der Waals surface area (Å²) in [6.45, 7) is 0.867. The summed E-state index contributed by atoms with van der Waals surface area (Å²) in [4.78, 5) is 34.7. The molecular formula is C15H25ClN8O3. The van der Waals surface area contributed by atoms with Crippen molar-refractivity contribution in [3.63, 3.8) is 0 Å². The molecule has 0 spiro atoms. The maximum Gasteiger partial charge on any atom is 0.280 e. The molecule has 1 aromatic heterocycles. The molecule has 0 aliphatic rings. The quantitative estimate of drug-likeness (QED) is 0.170. The molecule has 27 heavy (non-hydrogen) atoms. The number of nitrogen functional groups attached to an aromatic ring is 2. The van der Waals surface area contributed by atoms with Crippen molar-refractivity contribution in [2.24, 2.45) is 10.7 Å². The zero-order valence-electron chi connectivity index (χ0n) is 14.9. The number of nitrogens with zero attached hydrogens (tertiary/aromatic N) is 3. The molecule has 0 atom stereocenters. The molecule has 0 saturated heterocycles. The number of unbranched alkanes of at least 4 members (excludes halogenated alkanes) is 3. The van der Waals surface area contributed by atoms with Crippen molar-refractivity contribution in [2.45, 2.75) is 32.1 Å². The third-order valence-corrected chi connectivity index (χ3v) is 3.67. The Morgan fingerprint density at radius 1 is 1.11 bits per heavy atom. The van der Waals surface area contributed by atoms with Gasteiger partial charge in [0.15, 0.2) is 28.4 Å². The number of carbonyl (C=O) groups is 2. The number of aliphatic hydroxyl groups is 1. The second-order valence-electron chi connectivity index (χ2n) is 5.59. The molecule has 0 unspecified atom stereocenters. The van der Waals surface area contributed by atoms with Crippen molar-refractivity contribution in [1.29, 1.82) is 0 Å². The molecule has 150 valence electrons. The Balaban J connectivity index is 2.26. The van der Waals surface area contributed by atoms with Crippen molar-refractivity contribution >= 4 is 41.0 Å². The number of halogens is 1. The fraction of sp³-hybridized carbons (Fsp3) is 0.533. The van der Waals surface area contributed by atoms with Gasteiger partial charge in [-0.1, -0.05) is 24.4 Å². The van der Waals surface area contributed by atoms with Gasteiger partial charge in [-0.3, -0.25) is 19.9 Å². The summed E-state index contributed by atoms with van der Waals surface area (Å²) in [7, 11) is 0. The van der Waals surface area contributed by atoms with Crippen molar-refractivity contribution in [3.8, 4) is 0 Å². The number of rotatable bonds is 10. The van der Waals surface area contributed by atoms with E-state index in [2.05, 4.69) is 25.6 Å². The van der Waals surface area contributed by atoms with Crippen LogP contribution in [0.4, 0.5) is 11.6 Å². The van der Waals surface area contributed by atoms with Gasteiger partial charge in [0, 0.05) is 19.5 Å². The van der Waals surface area contributed by atoms with Crippen LogP contribution in [-0.4, -0.2) is 52.5 Å². The minimum atomic E-state index is -0.679. The number of aromatic nitrogens is 2. The third kappa shape index (κ3) is 8.51. The van der Waals surface area contributed by atoms with Crippen LogP contribution in [0, 0.1) is 0 Å². The normalized spacial score (nSPS) is 11.3. The highest BCUT2D eigenvalue weighted by Gasteiger charge is 2.16. The van der Waals surface area contributed by atoms with Gasteiger partial charge in [-0.2, -0.15) is 0 Å². The Morgan fingerprint density at radius 3 is 2.52 bits per heavy atom. The molecule has 0 aliphatic carbocycles. The van der Waals surface area contributed by atoms with Gasteiger partial charge in [-0.05, 0) is 12.8 Å². The number of hydrogen-bond donors (Lipinski definition) is 6. The molecule has 9 N–H and O–H groups in total. The summed E-state index contributed by atoms with van der Waals surface area (Å²) in [6.07, 6.45) is 3.54. The van der Waals surface area contributed by atoms with Gasteiger partial charge < -0.3 is 27.6 Å². The van der Waals surface area contributed by atoms with E-state index in [9.17, 15) is 9.59 Å². The molecule has 1 aromatic rings. The minimum Gasteiger partial charge on any atom is -0.396 e. The molecule has 1 rings (SSSR count). The van der Waals surface area contributed by atoms with E-state index in [0.29, 0.717) is 13.1 Å². The van der Waals surface area contributed by atoms with Crippen LogP contribution >= 0.6 is 11.6 Å². The third-order valence-electron chi connectivity index (χ3n) is 3.39. The summed E-state index contributed by atoms with van der Waals surface area (Å²) in [6, 6.07) is 0. The second kappa shape index (κ2) is 11.9. The monoisotopic (exact) mass is 400 g/mol. The van der Waals surface area contributed by atoms with Crippen LogP contribution in [0.2, 0.25) is 5.15 Å². The Bertz CT molecular complexity index is 683. The van der Waals surface area contributed by atoms with Gasteiger partial charge in [0.2, 0.25) is 5.91 Å². The van der Waals surface area contributed by atoms with Crippen molar-refractivity contribution in [3.05, 3.63) is 10.8 Å². The molecule has 0 fully saturated rings. The fourth-order valence-corrected chi connectivity index (χ4v) is 2.16. The molecule has 0 bridgehead atoms. The number of amides is 2. The first kappa shape index (κ1) is 22.4. The Hall–Kier alpha value is -2.66. The van der Waals surface area contributed by atoms with Crippen LogP contribution in [0.3, 0.4) is 0 Å². The van der Waals surface area contributed by atoms with E-state index < -0.39 is 5.91 Å². The van der Waals surface area contributed by atoms with Crippen LogP contribution in [0.15, 0.2) is 4.99 Å². The van der Waals surface area contributed by atoms with Gasteiger partial charge in [0.25, 0.3) is 5.91 Å². The first-order chi connectivity index (χ1) is 12.8. The number of carbonyl (C=O) groups excluding carboxylic acids is 2. The van der Waals surface area contributed by atoms with Crippen LogP contribution in [0.5, 0.6) is 0 Å². The summed E-state index contributed by atoms with van der Waals surface area (Å²) in [5.74, 6) is -1.13. The minimum absolute atomic E-state index is 0.0644. The van der Waals surface area contributed by atoms with Crippen LogP contribution in [0.25, 0.3) is 0 Å². The number of anilines is 2. The van der Waals surface area contributed by atoms with Gasteiger partial charge in [0.1, 0.15) is 0 Å². The van der Waals surface area contributed by atoms with Crippen LogP contribution in [0.1, 0.15) is 42.6 Å². The lowest BCUT2D eigenvalue weighted by atomic mass is 10.2. The predicted octanol–water partition coefficient (Wildman–Crippen LogP) is -0.602. The molecule has 11 nitrogen and oxygen atoms in total. The smallest absolute Gasteiger partial charge is 0.280 e. The van der Waals surface area contributed by atoms with E-state index in [1.165, 1.54) is 0 Å². The molecule has 0 saturated carbocycles. The number of hydrogen-bond acceptors (Lipinski definition) is 8. The SMILES string of the molecule is NC(=NCCCCCCNC(=O)CCO)NC(=O)c1nc(Cl)c(N)nc1N. The van der Waals surface area contributed by atoms with Gasteiger partial charge in [-0.15, -0.1) is 0 Å². The van der Waals surface area contributed by atoms with E-state index in [4.69, 9.17) is 33.9 Å². The topological polar surface area (TPSA) is 195 Å². The highest BCUT2D eigenvalue weighted by atomic mass is 35.5. The number of nitrogens with one attached hydrogen (secondary N) is 2. The number of aliphatic hydroxyl groups excluding tert-OH is 1. The zero-order chi connectivity index (χ0) is 20.2. The van der Waals surface area contributed by atoms with Crippen LogP contribution in [-0.2, 0) is 4.79 Å². The van der Waals surface area contributed by atoms with Crippen molar-refractivity contribution in [2.75, 3.05) is 31.2 Å². The van der Waals surface area contributed by atoms with E-state index >= 15 is 0 Å². The van der Waals surface area contributed by atoms with E-state index in [-0.39, 0.29) is 47.4 Å². The molecule has 12 heteroatoms. The van der Waals surface area contributed by atoms with Crippen molar-refractivity contribution in [1.82, 2.24) is 20.6 Å². The highest BCUT2D eigenvalue weighted by molar-refractivity contribution is 6.31. The van der Waals surface area contributed by atoms with E-state index in [1.807, 2.05) is 0 Å². The van der Waals surface area contributed by atoms with Gasteiger partial charge in [-0.25, -0.2) is 9.97 Å². The largest absolute Gasteiger partial charge is 0.396 e. The second-order valence-corrected chi connectivity index (χ2v) is 5.95. The first-order valence-electron chi connectivity index (χ1n) is 8.42. The fourth-order valence-electron chi connectivity index (χ4n) is 2.03. The first-order valence-corrected chi connectivity index (χ1v) is 8.80. The summed E-state index contributed by atoms with van der Waals surface area (Å²) in [5, 5.41) is 13.5. The number of aliphatic imine (C=N–C) groups is 1. The van der Waals surface area contributed by atoms with Crippen molar-refractivity contribution < 1.29 is 14.7 Å². The molecule has 0 radical (unpaired) electrons. The number of nitrogens with two attached hydrogens (primary N) is 3. The van der Waals surface area contributed by atoms with Gasteiger partial charge >= 0.3 is 0 Å². The average molecular weight is 401 g/mol. The summed E-state index contributed by atoms with van der Waals surface area (Å²) in [5.41, 5.74) is 16.5. The zero-order valence-corrected chi connectivity index (χ0v) is 15.6. The standard InChI is InChI=1S/C15H25ClN8O3/c16-11-13(18)23-12(17)10(22-11)14(27)24-15(19)21-7-4-2-1-3-6-20-9(26)5-8-25/h25H,1-8H2,(H,20,26)(H4,17,18,23)(H3,19,21,24,27). The summed E-state index contributed by atoms with van der Waals surface area (Å²) >= 11 is 5.72. The molecule has 2 amide bonds. The Morgan fingerprint density at radius 2 is 1.81 bits per heavy atom. The lowest BCUT2D eigenvalue weighted by Crippen LogP contribution is -2.38. The molecule has 0 aromatic carbocycles. The summed E-state index contributed by atoms with van der Waals surface area (Å²) < 4.78 is 0. The highest BCUT2D eigenvalue weighted by Crippen LogP contribution is 2.17. The lowest BCUT2D eigenvalue weighted by molar-refractivity contribution is -0.121. The number of guanidine groups is 1. The van der Waals surface area contributed by atoms with Gasteiger partial charge in [0.05, 0.1) is 6.61 Å². The lowest BCUT2D eigenvalue weighted by Gasteiger charge is -2.07. The maximum absolute atomic E-state index is 12.0. The Kier molecular flexibility index (Phi) is 9.83. The Labute approximate surface area is 161 Å². The predicted molar refractivity (Wildman–Crippen MR) is 103 cm³/mol. The molecule has 1 heterocycles. The molecular weight excluding hydrogens is 376 g/mol. The maximum atomic E-state index is 12.0. The van der Waals surface area contributed by atoms with E-state index in [1.54, 1.807) is 0 Å². The molecule has 0 aliphatic heterocycles.